The van der Waals surface area contributed by atoms with E-state index in [0.29, 0.717) is 17.7 Å². The van der Waals surface area contributed by atoms with E-state index >= 15 is 0 Å². The highest BCUT2D eigenvalue weighted by atomic mass is 16.2. The van der Waals surface area contributed by atoms with Crippen molar-refractivity contribution in [1.29, 1.82) is 5.26 Å². The Labute approximate surface area is 214 Å². The van der Waals surface area contributed by atoms with Gasteiger partial charge in [-0.15, -0.1) is 0 Å². The van der Waals surface area contributed by atoms with Crippen LogP contribution in [0.3, 0.4) is 0 Å². The van der Waals surface area contributed by atoms with Gasteiger partial charge < -0.3 is 9.88 Å². The third-order valence-corrected chi connectivity index (χ3v) is 6.26. The molecule has 0 saturated carbocycles. The summed E-state index contributed by atoms with van der Waals surface area (Å²) >= 11 is 0. The molecule has 4 aromatic rings. The number of carbonyl (C=O) groups excluding carboxylic acids is 1. The van der Waals surface area contributed by atoms with Crippen LogP contribution in [0.15, 0.2) is 91.4 Å². The minimum atomic E-state index is 0.0233. The summed E-state index contributed by atoms with van der Waals surface area (Å²) in [4.78, 5) is 22.2. The molecule has 36 heavy (non-hydrogen) atoms. The number of hydrogen-bond donors (Lipinski definition) is 1. The number of nitrogens with zero attached hydrogens (tertiary/aromatic N) is 3. The van der Waals surface area contributed by atoms with Crippen LogP contribution in [-0.2, 0) is 19.4 Å². The first-order valence-electron chi connectivity index (χ1n) is 12.4. The molecule has 0 radical (unpaired) electrons. The molecule has 0 unspecified atom stereocenters. The zero-order valence-electron chi connectivity index (χ0n) is 21.3. The maximum absolute atomic E-state index is 13.5. The van der Waals surface area contributed by atoms with Gasteiger partial charge in [0.1, 0.15) is 0 Å². The standard InChI is InChI=1S/C26H26N2O.C5H8N2/c1-3-25(17-21-10-6-4-7-11-21)28(26(29)23-12-8-5-9-13-23)19-24-16-22(18-27)15-14-20(24)2;1-2-5-3-6-4-7-5/h4-16,25H,3,17,19H2,1-2H3;3-4H,2H2,1H3,(H,6,7)/t25-;/m0./s1. The second kappa shape index (κ2) is 13.7. The summed E-state index contributed by atoms with van der Waals surface area (Å²) in [5.41, 5.74) is 5.82. The van der Waals surface area contributed by atoms with Crippen LogP contribution in [0.4, 0.5) is 0 Å². The van der Waals surface area contributed by atoms with E-state index in [1.165, 1.54) is 11.3 Å². The number of imidazole rings is 1. The predicted octanol–water partition coefficient (Wildman–Crippen LogP) is 6.50. The van der Waals surface area contributed by atoms with Gasteiger partial charge in [-0.2, -0.15) is 5.26 Å². The van der Waals surface area contributed by atoms with Gasteiger partial charge in [0, 0.05) is 30.0 Å². The minimum Gasteiger partial charge on any atom is -0.349 e. The van der Waals surface area contributed by atoms with Crippen LogP contribution in [0.25, 0.3) is 0 Å². The first-order valence-corrected chi connectivity index (χ1v) is 12.4. The number of H-pyrrole nitrogens is 1. The zero-order chi connectivity index (χ0) is 25.8. The average molecular weight is 479 g/mol. The molecule has 5 heteroatoms. The molecule has 4 rings (SSSR count). The summed E-state index contributed by atoms with van der Waals surface area (Å²) < 4.78 is 0. The molecule has 3 aromatic carbocycles. The van der Waals surface area contributed by atoms with Crippen LogP contribution in [-0.4, -0.2) is 26.8 Å². The van der Waals surface area contributed by atoms with Gasteiger partial charge in [0.2, 0.25) is 0 Å². The Morgan fingerprint density at radius 1 is 1.03 bits per heavy atom. The molecule has 1 atom stereocenters. The summed E-state index contributed by atoms with van der Waals surface area (Å²) in [7, 11) is 0. The Hall–Kier alpha value is -4.17. The molecule has 0 aliphatic carbocycles. The van der Waals surface area contributed by atoms with E-state index in [-0.39, 0.29) is 11.9 Å². The number of aromatic nitrogens is 2. The molecule has 0 fully saturated rings. The van der Waals surface area contributed by atoms with Crippen molar-refractivity contribution in [2.24, 2.45) is 0 Å². The van der Waals surface area contributed by atoms with Crippen LogP contribution in [0.1, 0.15) is 58.6 Å². The first-order chi connectivity index (χ1) is 17.5. The van der Waals surface area contributed by atoms with Crippen molar-refractivity contribution in [2.45, 2.75) is 52.6 Å². The van der Waals surface area contributed by atoms with E-state index in [2.05, 4.69) is 42.0 Å². The number of aromatic amines is 1. The van der Waals surface area contributed by atoms with E-state index in [0.717, 1.165) is 30.4 Å². The molecule has 1 aromatic heterocycles. The molecule has 0 aliphatic heterocycles. The van der Waals surface area contributed by atoms with Crippen molar-refractivity contribution in [3.05, 3.63) is 125 Å². The third kappa shape index (κ3) is 7.41. The fraction of sp³-hybridized carbons (Fsp3) is 0.258. The molecule has 1 amide bonds. The summed E-state index contributed by atoms with van der Waals surface area (Å²) in [6, 6.07) is 27.7. The van der Waals surface area contributed by atoms with E-state index in [4.69, 9.17) is 0 Å². The van der Waals surface area contributed by atoms with Gasteiger partial charge in [-0.05, 0) is 67.1 Å². The van der Waals surface area contributed by atoms with Crippen LogP contribution in [0, 0.1) is 18.3 Å². The average Bonchev–Trinajstić information content (AvgIpc) is 3.47. The monoisotopic (exact) mass is 478 g/mol. The van der Waals surface area contributed by atoms with Crippen molar-refractivity contribution >= 4 is 5.91 Å². The van der Waals surface area contributed by atoms with E-state index in [9.17, 15) is 10.1 Å². The third-order valence-electron chi connectivity index (χ3n) is 6.26. The van der Waals surface area contributed by atoms with Crippen LogP contribution < -0.4 is 0 Å². The number of nitriles is 1. The lowest BCUT2D eigenvalue weighted by Gasteiger charge is -2.32. The second-order valence-corrected chi connectivity index (χ2v) is 8.73. The van der Waals surface area contributed by atoms with Gasteiger partial charge >= 0.3 is 0 Å². The Bertz CT molecular complexity index is 1240. The molecular formula is C31H34N4O. The fourth-order valence-electron chi connectivity index (χ4n) is 4.05. The normalized spacial score (nSPS) is 11.1. The van der Waals surface area contributed by atoms with Crippen LogP contribution in [0.5, 0.6) is 0 Å². The molecule has 1 N–H and O–H groups in total. The lowest BCUT2D eigenvalue weighted by Crippen LogP contribution is -2.41. The van der Waals surface area contributed by atoms with Crippen molar-refractivity contribution in [3.8, 4) is 6.07 Å². The number of nitrogens with one attached hydrogen (secondary N) is 1. The maximum atomic E-state index is 13.5. The van der Waals surface area contributed by atoms with Gasteiger partial charge in [-0.25, -0.2) is 4.98 Å². The number of benzene rings is 3. The van der Waals surface area contributed by atoms with Gasteiger partial charge in [-0.3, -0.25) is 4.79 Å². The maximum Gasteiger partial charge on any atom is 0.254 e. The Balaban J connectivity index is 0.000000444. The highest BCUT2D eigenvalue weighted by Gasteiger charge is 2.24. The predicted molar refractivity (Wildman–Crippen MR) is 144 cm³/mol. The summed E-state index contributed by atoms with van der Waals surface area (Å²) in [5, 5.41) is 9.29. The second-order valence-electron chi connectivity index (χ2n) is 8.73. The summed E-state index contributed by atoms with van der Waals surface area (Å²) in [6.07, 6.45) is 6.22. The smallest absolute Gasteiger partial charge is 0.254 e. The van der Waals surface area contributed by atoms with Gasteiger partial charge in [0.05, 0.1) is 18.0 Å². The number of hydrogen-bond acceptors (Lipinski definition) is 3. The highest BCUT2D eigenvalue weighted by Crippen LogP contribution is 2.21. The number of rotatable bonds is 8. The van der Waals surface area contributed by atoms with Crippen molar-refractivity contribution in [3.63, 3.8) is 0 Å². The van der Waals surface area contributed by atoms with Gasteiger partial charge in [0.15, 0.2) is 0 Å². The molecule has 0 aliphatic rings. The van der Waals surface area contributed by atoms with E-state index in [1.807, 2.05) is 84.8 Å². The zero-order valence-corrected chi connectivity index (χ0v) is 21.3. The molecule has 0 saturated heterocycles. The summed E-state index contributed by atoms with van der Waals surface area (Å²) in [6.45, 7) is 6.73. The SMILES string of the molecule is CC[C@@H](Cc1ccccc1)N(Cc1cc(C#N)ccc1C)C(=O)c1ccccc1.CCc1cnc[nH]1. The molecule has 0 bridgehead atoms. The van der Waals surface area contributed by atoms with Gasteiger partial charge in [0.25, 0.3) is 5.91 Å². The molecular weight excluding hydrogens is 444 g/mol. The van der Waals surface area contributed by atoms with E-state index in [1.54, 1.807) is 6.33 Å². The molecule has 184 valence electrons. The Kier molecular flexibility index (Phi) is 10.0. The lowest BCUT2D eigenvalue weighted by molar-refractivity contribution is 0.0653. The molecule has 5 nitrogen and oxygen atoms in total. The van der Waals surface area contributed by atoms with Crippen molar-refractivity contribution < 1.29 is 4.79 Å². The van der Waals surface area contributed by atoms with E-state index < -0.39 is 0 Å². The topological polar surface area (TPSA) is 72.8 Å². The number of carbonyl (C=O) groups is 1. The number of aryl methyl sites for hydroxylation is 2. The number of amides is 1. The fourth-order valence-corrected chi connectivity index (χ4v) is 4.05. The van der Waals surface area contributed by atoms with Gasteiger partial charge in [-0.1, -0.05) is 68.4 Å². The molecule has 0 spiro atoms. The van der Waals surface area contributed by atoms with Crippen molar-refractivity contribution in [1.82, 2.24) is 14.9 Å². The Morgan fingerprint density at radius 3 is 2.28 bits per heavy atom. The van der Waals surface area contributed by atoms with Crippen LogP contribution in [0.2, 0.25) is 0 Å². The first kappa shape index (κ1) is 26.4. The molecule has 1 heterocycles. The highest BCUT2D eigenvalue weighted by molar-refractivity contribution is 5.94. The summed E-state index contributed by atoms with van der Waals surface area (Å²) in [5.74, 6) is 0.0233. The minimum absolute atomic E-state index is 0.0233. The van der Waals surface area contributed by atoms with Crippen molar-refractivity contribution in [2.75, 3.05) is 0 Å². The van der Waals surface area contributed by atoms with Crippen LogP contribution >= 0.6 is 0 Å². The quantitative estimate of drug-likeness (QED) is 0.314. The lowest BCUT2D eigenvalue weighted by atomic mass is 9.99. The largest absolute Gasteiger partial charge is 0.349 e. The Morgan fingerprint density at radius 2 is 1.72 bits per heavy atom.